The third-order valence-electron chi connectivity index (χ3n) is 8.24. The monoisotopic (exact) mass is 815 g/mol. The molecule has 21 heteroatoms. The lowest BCUT2D eigenvalue weighted by atomic mass is 9.75. The number of rotatable bonds is 16. The summed E-state index contributed by atoms with van der Waals surface area (Å²) in [5.41, 5.74) is -0.613. The highest BCUT2D eigenvalue weighted by Crippen LogP contribution is 2.42. The van der Waals surface area contributed by atoms with Crippen LogP contribution in [0.5, 0.6) is 0 Å². The van der Waals surface area contributed by atoms with Crippen molar-refractivity contribution in [1.29, 1.82) is 0 Å². The second-order valence-corrected chi connectivity index (χ2v) is 11.9. The molecule has 0 fully saturated rings. The van der Waals surface area contributed by atoms with E-state index in [0.29, 0.717) is 16.7 Å². The number of carbonyl (C=O) groups is 4. The van der Waals surface area contributed by atoms with E-state index in [1.807, 2.05) is 0 Å². The minimum absolute atomic E-state index is 0.0840. The zero-order valence-electron chi connectivity index (χ0n) is 28.8. The molecule has 306 valence electrons. The molecule has 9 nitrogen and oxygen atoms in total. The van der Waals surface area contributed by atoms with Crippen molar-refractivity contribution in [2.75, 3.05) is 52.4 Å². The highest BCUT2D eigenvalue weighted by Gasteiger charge is 2.47. The van der Waals surface area contributed by atoms with Gasteiger partial charge in [0.2, 0.25) is 0 Å². The highest BCUT2D eigenvalue weighted by molar-refractivity contribution is 5.83. The van der Waals surface area contributed by atoms with Gasteiger partial charge in [0, 0.05) is 52.4 Å². The summed E-state index contributed by atoms with van der Waals surface area (Å²) in [6, 6.07) is 23.7. The summed E-state index contributed by atoms with van der Waals surface area (Å²) in [7, 11) is 0. The molecule has 0 spiro atoms. The van der Waals surface area contributed by atoms with Crippen LogP contribution in [0.15, 0.2) is 91.0 Å². The van der Waals surface area contributed by atoms with Gasteiger partial charge in [-0.15, -0.1) is 0 Å². The number of amides is 4. The number of carbonyl (C=O) groups excluding carboxylic acids is 4. The van der Waals surface area contributed by atoms with Crippen LogP contribution in [-0.2, 0) is 24.7 Å². The molecule has 0 aliphatic rings. The van der Waals surface area contributed by atoms with Crippen molar-refractivity contribution < 1.29 is 71.9 Å². The van der Waals surface area contributed by atoms with E-state index in [1.165, 1.54) is 15.5 Å². The molecular weight excluding hydrogens is 782 g/mol. The molecule has 0 atom stereocenters. The SMILES string of the molecule is O=C(NCCN(CCN(CCN(CCNC(=O)C(F)(F)F)C(=O)C(F)(F)F)C(c1ccccc1)(c1ccccc1)c1ccccc1)C(=O)C(F)(F)F)C(F)(F)F. The molecule has 0 saturated heterocycles. The van der Waals surface area contributed by atoms with E-state index in [0.717, 1.165) is 0 Å². The fourth-order valence-electron chi connectivity index (χ4n) is 5.81. The van der Waals surface area contributed by atoms with Gasteiger partial charge in [-0.1, -0.05) is 91.0 Å². The van der Waals surface area contributed by atoms with E-state index in [1.54, 1.807) is 91.0 Å². The summed E-state index contributed by atoms with van der Waals surface area (Å²) in [6.07, 6.45) is -22.0. The van der Waals surface area contributed by atoms with Crippen LogP contribution in [0.25, 0.3) is 0 Å². The second-order valence-electron chi connectivity index (χ2n) is 11.9. The molecule has 2 N–H and O–H groups in total. The summed E-state index contributed by atoms with van der Waals surface area (Å²) in [4.78, 5) is 49.3. The molecule has 0 aromatic heterocycles. The topological polar surface area (TPSA) is 102 Å². The van der Waals surface area contributed by atoms with Crippen LogP contribution >= 0.6 is 0 Å². The number of halogens is 12. The minimum atomic E-state index is -5.58. The Bertz CT molecular complexity index is 1590. The molecule has 56 heavy (non-hydrogen) atoms. The third kappa shape index (κ3) is 11.8. The Kier molecular flexibility index (Phi) is 14.9. The number of hydrogen-bond acceptors (Lipinski definition) is 5. The Morgan fingerprint density at radius 1 is 0.411 bits per heavy atom. The summed E-state index contributed by atoms with van der Waals surface area (Å²) >= 11 is 0. The summed E-state index contributed by atoms with van der Waals surface area (Å²) in [5.74, 6) is -10.1. The lowest BCUT2D eigenvalue weighted by molar-refractivity contribution is -0.186. The molecule has 0 bridgehead atoms. The van der Waals surface area contributed by atoms with Gasteiger partial charge < -0.3 is 20.4 Å². The van der Waals surface area contributed by atoms with E-state index in [9.17, 15) is 71.9 Å². The molecule has 0 radical (unpaired) electrons. The van der Waals surface area contributed by atoms with Crippen molar-refractivity contribution in [3.8, 4) is 0 Å². The first-order valence-electron chi connectivity index (χ1n) is 16.3. The van der Waals surface area contributed by atoms with Gasteiger partial charge in [-0.25, -0.2) is 0 Å². The average molecular weight is 816 g/mol. The van der Waals surface area contributed by atoms with Crippen molar-refractivity contribution in [3.63, 3.8) is 0 Å². The largest absolute Gasteiger partial charge is 0.471 e. The normalized spacial score (nSPS) is 12.6. The maximum Gasteiger partial charge on any atom is 0.471 e. The molecule has 0 aliphatic heterocycles. The van der Waals surface area contributed by atoms with E-state index in [4.69, 9.17) is 0 Å². The van der Waals surface area contributed by atoms with Crippen molar-refractivity contribution in [2.24, 2.45) is 0 Å². The molecule has 4 amide bonds. The number of hydrogen-bond donors (Lipinski definition) is 2. The van der Waals surface area contributed by atoms with Crippen LogP contribution < -0.4 is 10.6 Å². The standard InChI is InChI=1S/C35H33F12N5O4/c36-32(37,38)27(53)48-16-18-50(29(55)34(42,43)44)20-22-52(23-21-51(30(56)35(45,46)47)19-17-49-28(54)33(39,40)41)31(24-10-4-1-5-11-24,25-12-6-2-7-13-25)26-14-8-3-9-15-26/h1-15H,16-23H2,(H,48,53)(H,49,54). The first kappa shape index (κ1) is 45.1. The Labute approximate surface area is 311 Å². The van der Waals surface area contributed by atoms with Crippen molar-refractivity contribution in [2.45, 2.75) is 30.2 Å². The van der Waals surface area contributed by atoms with E-state index >= 15 is 0 Å². The van der Waals surface area contributed by atoms with Gasteiger partial charge in [0.05, 0.1) is 5.54 Å². The average Bonchev–Trinajstić information content (AvgIpc) is 3.13. The van der Waals surface area contributed by atoms with Gasteiger partial charge in [0.1, 0.15) is 0 Å². The molecule has 0 unspecified atom stereocenters. The fourth-order valence-corrected chi connectivity index (χ4v) is 5.81. The van der Waals surface area contributed by atoms with E-state index in [2.05, 4.69) is 0 Å². The molecule has 0 heterocycles. The predicted octanol–water partition coefficient (Wildman–Crippen LogP) is 5.42. The van der Waals surface area contributed by atoms with Gasteiger partial charge in [0.15, 0.2) is 0 Å². The summed E-state index contributed by atoms with van der Waals surface area (Å²) in [5, 5.41) is 2.74. The molecule has 3 aromatic carbocycles. The predicted molar refractivity (Wildman–Crippen MR) is 174 cm³/mol. The lowest BCUT2D eigenvalue weighted by Gasteiger charge is -2.47. The van der Waals surface area contributed by atoms with Crippen LogP contribution in [0.1, 0.15) is 16.7 Å². The lowest BCUT2D eigenvalue weighted by Crippen LogP contribution is -2.56. The van der Waals surface area contributed by atoms with Crippen LogP contribution in [0.4, 0.5) is 52.7 Å². The van der Waals surface area contributed by atoms with Crippen LogP contribution in [-0.4, -0.2) is 115 Å². The zero-order chi connectivity index (χ0) is 42.0. The summed E-state index contributed by atoms with van der Waals surface area (Å²) < 4.78 is 160. The van der Waals surface area contributed by atoms with Gasteiger partial charge in [-0.05, 0) is 16.7 Å². The van der Waals surface area contributed by atoms with Gasteiger partial charge >= 0.3 is 48.3 Å². The first-order chi connectivity index (χ1) is 26.0. The Balaban J connectivity index is 2.20. The van der Waals surface area contributed by atoms with Gasteiger partial charge in [-0.2, -0.15) is 52.7 Å². The maximum absolute atomic E-state index is 13.8. The van der Waals surface area contributed by atoms with E-state index in [-0.39, 0.29) is 9.80 Å². The van der Waals surface area contributed by atoms with Gasteiger partial charge in [-0.3, -0.25) is 24.1 Å². The zero-order valence-corrected chi connectivity index (χ0v) is 28.8. The molecule has 3 aromatic rings. The quantitative estimate of drug-likeness (QED) is 0.149. The smallest absolute Gasteiger partial charge is 0.346 e. The molecule has 3 rings (SSSR count). The van der Waals surface area contributed by atoms with Gasteiger partial charge in [0.25, 0.3) is 0 Å². The number of alkyl halides is 12. The Hall–Kier alpha value is -5.34. The Morgan fingerprint density at radius 2 is 0.696 bits per heavy atom. The highest BCUT2D eigenvalue weighted by atomic mass is 19.4. The maximum atomic E-state index is 13.8. The van der Waals surface area contributed by atoms with Crippen molar-refractivity contribution in [3.05, 3.63) is 108 Å². The van der Waals surface area contributed by atoms with Crippen molar-refractivity contribution >= 4 is 23.6 Å². The molecule has 0 aliphatic carbocycles. The minimum Gasteiger partial charge on any atom is -0.346 e. The first-order valence-corrected chi connectivity index (χ1v) is 16.3. The Morgan fingerprint density at radius 3 is 0.946 bits per heavy atom. The molecular formula is C35H33F12N5O4. The third-order valence-corrected chi connectivity index (χ3v) is 8.24. The number of nitrogens with one attached hydrogen (secondary N) is 2. The number of nitrogens with zero attached hydrogens (tertiary/aromatic N) is 3. The fraction of sp³-hybridized carbons (Fsp3) is 0.371. The number of benzene rings is 3. The van der Waals surface area contributed by atoms with E-state index < -0.39 is 106 Å². The van der Waals surface area contributed by atoms with Crippen LogP contribution in [0.2, 0.25) is 0 Å². The molecule has 0 saturated carbocycles. The summed E-state index contributed by atoms with van der Waals surface area (Å²) in [6.45, 7) is -7.76. The van der Waals surface area contributed by atoms with Crippen LogP contribution in [0, 0.1) is 0 Å². The second kappa shape index (κ2) is 18.5. The van der Waals surface area contributed by atoms with Crippen molar-refractivity contribution in [1.82, 2.24) is 25.3 Å². The van der Waals surface area contributed by atoms with Crippen LogP contribution in [0.3, 0.4) is 0 Å².